The van der Waals surface area contributed by atoms with Gasteiger partial charge in [-0.05, 0) is 19.1 Å². The van der Waals surface area contributed by atoms with Crippen molar-refractivity contribution < 1.29 is 46.1 Å². The summed E-state index contributed by atoms with van der Waals surface area (Å²) in [5, 5.41) is 0. The molecule has 0 spiro atoms. The number of ether oxygens (including phenoxy) is 2. The van der Waals surface area contributed by atoms with Crippen molar-refractivity contribution in [2.24, 2.45) is 0 Å². The van der Waals surface area contributed by atoms with Crippen LogP contribution in [-0.2, 0) is 45.1 Å². The van der Waals surface area contributed by atoms with Crippen LogP contribution in [0.5, 0.6) is 0 Å². The summed E-state index contributed by atoms with van der Waals surface area (Å²) in [6.45, 7) is 1.31. The number of nitrogens with zero attached hydrogens (tertiary/aromatic N) is 2. The number of hydrogen-bond acceptors (Lipinski definition) is 11. The first-order valence-electron chi connectivity index (χ1n) is 14.1. The number of phosphoric ester groups is 2. The minimum atomic E-state index is -5.25. The van der Waals surface area contributed by atoms with Crippen LogP contribution in [-0.4, -0.2) is 75.9 Å². The van der Waals surface area contributed by atoms with E-state index in [1.807, 2.05) is 37.3 Å². The Morgan fingerprint density at radius 3 is 2.49 bits per heavy atom. The SMILES string of the molecule is CCCc1c([Se]c2ccccc2)n(COCCOP(=O)(O)OP(=O)(O)OC[C@H]2O[C@@H](n3cc(C)c(=O)[nH]c3=S)C[C@@H]2F)c(=O)[nH]c1=O. The molecule has 47 heavy (non-hydrogen) atoms. The van der Waals surface area contributed by atoms with Crippen molar-refractivity contribution in [1.29, 1.82) is 0 Å². The summed E-state index contributed by atoms with van der Waals surface area (Å²) in [5.74, 6) is 0. The number of nitrogens with one attached hydrogen (secondary N) is 2. The van der Waals surface area contributed by atoms with Crippen LogP contribution in [0.1, 0.15) is 37.1 Å². The van der Waals surface area contributed by atoms with Crippen molar-refractivity contribution in [2.45, 2.75) is 58.3 Å². The van der Waals surface area contributed by atoms with Gasteiger partial charge in [-0.15, -0.1) is 0 Å². The van der Waals surface area contributed by atoms with Crippen LogP contribution in [0.15, 0.2) is 50.9 Å². The molecule has 4 rings (SSSR count). The average molecular weight is 786 g/mol. The van der Waals surface area contributed by atoms with Gasteiger partial charge in [0, 0.05) is 18.2 Å². The second-order valence-electron chi connectivity index (χ2n) is 10.2. The Morgan fingerprint density at radius 2 is 1.79 bits per heavy atom. The zero-order chi connectivity index (χ0) is 34.4. The first-order valence-corrected chi connectivity index (χ1v) is 19.2. The van der Waals surface area contributed by atoms with Crippen LogP contribution in [0.3, 0.4) is 0 Å². The van der Waals surface area contributed by atoms with E-state index in [0.29, 0.717) is 28.6 Å². The summed E-state index contributed by atoms with van der Waals surface area (Å²) < 4.78 is 68.0. The van der Waals surface area contributed by atoms with Gasteiger partial charge < -0.3 is 4.74 Å². The van der Waals surface area contributed by atoms with E-state index in [1.54, 1.807) is 0 Å². The molecule has 2 aromatic heterocycles. The number of aromatic amines is 2. The van der Waals surface area contributed by atoms with Crippen LogP contribution >= 0.6 is 27.9 Å². The van der Waals surface area contributed by atoms with Crippen LogP contribution in [0.4, 0.5) is 4.39 Å². The topological polar surface area (TPSA) is 213 Å². The Bertz CT molecular complexity index is 1890. The number of halogens is 1. The Morgan fingerprint density at radius 1 is 1.09 bits per heavy atom. The number of benzene rings is 1. The van der Waals surface area contributed by atoms with Crippen LogP contribution in [0, 0.1) is 11.7 Å². The van der Waals surface area contributed by atoms with Gasteiger partial charge in [0.2, 0.25) is 0 Å². The van der Waals surface area contributed by atoms with Crippen molar-refractivity contribution in [3.05, 3.63) is 83.6 Å². The molecule has 3 aromatic rings. The summed E-state index contributed by atoms with van der Waals surface area (Å²) in [5.41, 5.74) is -0.832. The Balaban J connectivity index is 1.29. The fraction of sp³-hybridized carbons (Fsp3) is 0.462. The molecule has 1 aromatic carbocycles. The summed E-state index contributed by atoms with van der Waals surface area (Å²) in [7, 11) is -10.4. The molecule has 1 fully saturated rings. The molecule has 1 saturated heterocycles. The van der Waals surface area contributed by atoms with E-state index in [0.717, 1.165) is 4.46 Å². The molecular formula is C26H33FN4O12P2SSe. The third kappa shape index (κ3) is 10.3. The van der Waals surface area contributed by atoms with E-state index in [2.05, 4.69) is 14.3 Å². The molecular weight excluding hydrogens is 752 g/mol. The predicted molar refractivity (Wildman–Crippen MR) is 169 cm³/mol. The van der Waals surface area contributed by atoms with E-state index in [9.17, 15) is 37.7 Å². The zero-order valence-corrected chi connectivity index (χ0v) is 29.4. The maximum absolute atomic E-state index is 14.6. The summed E-state index contributed by atoms with van der Waals surface area (Å²) in [6.07, 6.45) is -1.73. The molecule has 0 saturated carbocycles. The number of hydrogen-bond donors (Lipinski definition) is 4. The molecule has 258 valence electrons. The van der Waals surface area contributed by atoms with Gasteiger partial charge in [-0.1, -0.05) is 0 Å². The molecule has 2 unspecified atom stereocenters. The van der Waals surface area contributed by atoms with Gasteiger partial charge in [0.05, 0.1) is 0 Å². The van der Waals surface area contributed by atoms with Gasteiger partial charge in [0.25, 0.3) is 5.56 Å². The molecule has 0 aliphatic carbocycles. The monoisotopic (exact) mass is 786 g/mol. The van der Waals surface area contributed by atoms with Crippen molar-refractivity contribution in [1.82, 2.24) is 19.1 Å². The molecule has 0 amide bonds. The van der Waals surface area contributed by atoms with Crippen molar-refractivity contribution in [2.75, 3.05) is 19.8 Å². The molecule has 1 aliphatic rings. The first kappa shape index (κ1) is 37.4. The number of aromatic nitrogens is 4. The second-order valence-corrected chi connectivity index (χ2v) is 15.8. The number of aryl methyl sites for hydroxylation is 1. The van der Waals surface area contributed by atoms with E-state index < -0.39 is 79.1 Å². The quantitative estimate of drug-likeness (QED) is 0.0697. The fourth-order valence-electron chi connectivity index (χ4n) is 4.42. The van der Waals surface area contributed by atoms with Gasteiger partial charge >= 0.3 is 189 Å². The first-order chi connectivity index (χ1) is 22.2. The third-order valence-electron chi connectivity index (χ3n) is 6.63. The molecule has 3 heterocycles. The van der Waals surface area contributed by atoms with Crippen LogP contribution in [0.2, 0.25) is 0 Å². The standard InChI is InChI=1S/C26H33FN4O12P2SSe/c1-3-7-18-23(33)28-25(34)31(24(18)47-17-8-5-4-6-9-17)15-39-10-11-40-44(35,36)43-45(37,38)41-14-20-19(27)12-21(42-20)30-13-16(2)22(32)29-26(30)46/h4-6,8-9,13,19-21H,3,7,10-12,14-15H2,1-2H3,(H,35,36)(H,37,38)(H,28,33,34)(H,29,32,46)/t19-,20+,21+/m0/s1. The van der Waals surface area contributed by atoms with Gasteiger partial charge in [-0.25, -0.2) is 4.39 Å². The van der Waals surface area contributed by atoms with E-state index in [4.69, 9.17) is 30.7 Å². The zero-order valence-electron chi connectivity index (χ0n) is 25.1. The van der Waals surface area contributed by atoms with Gasteiger partial charge in [0.1, 0.15) is 18.5 Å². The normalized spacial score (nSPS) is 20.6. The summed E-state index contributed by atoms with van der Waals surface area (Å²) in [4.78, 5) is 61.6. The molecule has 16 nitrogen and oxygen atoms in total. The van der Waals surface area contributed by atoms with Crippen LogP contribution in [0.25, 0.3) is 0 Å². The van der Waals surface area contributed by atoms with E-state index >= 15 is 0 Å². The predicted octanol–water partition coefficient (Wildman–Crippen LogP) is 1.22. The summed E-state index contributed by atoms with van der Waals surface area (Å²) in [6, 6.07) is 9.29. The van der Waals surface area contributed by atoms with E-state index in [1.165, 1.54) is 22.3 Å². The van der Waals surface area contributed by atoms with Crippen molar-refractivity contribution in [3.63, 3.8) is 0 Å². The molecule has 0 bridgehead atoms. The van der Waals surface area contributed by atoms with Crippen molar-refractivity contribution >= 4 is 51.9 Å². The Hall–Kier alpha value is -2.37. The van der Waals surface area contributed by atoms with Crippen LogP contribution < -0.4 is 25.9 Å². The molecule has 4 N–H and O–H groups in total. The number of alkyl halides is 1. The summed E-state index contributed by atoms with van der Waals surface area (Å²) >= 11 is 4.67. The van der Waals surface area contributed by atoms with E-state index in [-0.39, 0.29) is 24.5 Å². The average Bonchev–Trinajstić information content (AvgIpc) is 3.37. The fourth-order valence-corrected chi connectivity index (χ4v) is 9.01. The van der Waals surface area contributed by atoms with Gasteiger partial charge in [-0.3, -0.25) is 14.3 Å². The Labute approximate surface area is 278 Å². The number of rotatable bonds is 16. The number of phosphoric acid groups is 2. The molecule has 1 aliphatic heterocycles. The Kier molecular flexibility index (Phi) is 13.0. The minimum absolute atomic E-state index is 0.0154. The molecule has 0 radical (unpaired) electrons. The maximum atomic E-state index is 14.6. The molecule has 21 heteroatoms. The van der Waals surface area contributed by atoms with Crippen molar-refractivity contribution in [3.8, 4) is 0 Å². The van der Waals surface area contributed by atoms with Gasteiger partial charge in [-0.2, -0.15) is 0 Å². The number of H-pyrrole nitrogens is 2. The third-order valence-corrected chi connectivity index (χ3v) is 12.0. The van der Waals surface area contributed by atoms with Gasteiger partial charge in [0.15, 0.2) is 4.77 Å². The second kappa shape index (κ2) is 16.4. The molecule has 5 atom stereocenters.